The molecule has 1 atom stereocenters. The van der Waals surface area contributed by atoms with Crippen molar-refractivity contribution in [1.29, 1.82) is 0 Å². The quantitative estimate of drug-likeness (QED) is 0.559. The SMILES string of the molecule is CC(C)C[C@@](C)(COc1ccc(Br)cc1C(F)(F)F)NC(=O)OC(C)(C)C. The van der Waals surface area contributed by atoms with E-state index in [0.717, 1.165) is 6.07 Å². The molecule has 0 saturated carbocycles. The number of hydrogen-bond acceptors (Lipinski definition) is 3. The zero-order valence-electron chi connectivity index (χ0n) is 16.5. The van der Waals surface area contributed by atoms with Crippen molar-refractivity contribution in [1.82, 2.24) is 5.32 Å². The predicted octanol–water partition coefficient (Wildman–Crippen LogP) is 6.18. The van der Waals surface area contributed by atoms with Crippen molar-refractivity contribution >= 4 is 22.0 Å². The maximum atomic E-state index is 13.3. The Kier molecular flexibility index (Phi) is 7.61. The standard InChI is InChI=1S/C19H27BrF3NO3/c1-12(2)10-18(6,24-16(25)27-17(3,4)5)11-26-15-8-7-13(20)9-14(15)19(21,22)23/h7-9,12H,10-11H2,1-6H3,(H,24,25)/t18-/m0/s1. The van der Waals surface area contributed by atoms with Crippen molar-refractivity contribution in [2.75, 3.05) is 6.61 Å². The van der Waals surface area contributed by atoms with E-state index >= 15 is 0 Å². The third kappa shape index (κ3) is 8.41. The Balaban J connectivity index is 3.00. The maximum absolute atomic E-state index is 13.3. The lowest BCUT2D eigenvalue weighted by Gasteiger charge is -2.33. The molecule has 27 heavy (non-hydrogen) atoms. The van der Waals surface area contributed by atoms with Crippen molar-refractivity contribution in [2.45, 2.75) is 65.3 Å². The minimum Gasteiger partial charge on any atom is -0.491 e. The lowest BCUT2D eigenvalue weighted by Crippen LogP contribution is -2.52. The van der Waals surface area contributed by atoms with Gasteiger partial charge in [0.1, 0.15) is 18.0 Å². The van der Waals surface area contributed by atoms with Gasteiger partial charge < -0.3 is 14.8 Å². The molecule has 0 aromatic heterocycles. The van der Waals surface area contributed by atoms with Crippen molar-refractivity contribution in [3.63, 3.8) is 0 Å². The molecular weight excluding hydrogens is 427 g/mol. The molecule has 1 rings (SSSR count). The molecule has 1 aromatic carbocycles. The molecule has 4 nitrogen and oxygen atoms in total. The molecular formula is C19H27BrF3NO3. The van der Waals surface area contributed by atoms with E-state index in [1.54, 1.807) is 27.7 Å². The molecule has 0 bridgehead atoms. The van der Waals surface area contributed by atoms with Crippen LogP contribution in [0.25, 0.3) is 0 Å². The number of carbonyl (C=O) groups excluding carboxylic acids is 1. The van der Waals surface area contributed by atoms with Crippen LogP contribution in [-0.4, -0.2) is 23.8 Å². The molecule has 154 valence electrons. The molecule has 0 spiro atoms. The Morgan fingerprint density at radius 1 is 1.19 bits per heavy atom. The molecule has 1 N–H and O–H groups in total. The summed E-state index contributed by atoms with van der Waals surface area (Å²) in [6.45, 7) is 10.7. The zero-order chi connectivity index (χ0) is 21.0. The molecule has 0 saturated heterocycles. The highest BCUT2D eigenvalue weighted by molar-refractivity contribution is 9.10. The molecule has 0 radical (unpaired) electrons. The van der Waals surface area contributed by atoms with Gasteiger partial charge in [-0.25, -0.2) is 4.79 Å². The molecule has 0 aliphatic heterocycles. The van der Waals surface area contributed by atoms with Crippen LogP contribution in [0.5, 0.6) is 5.75 Å². The smallest absolute Gasteiger partial charge is 0.420 e. The second kappa shape index (κ2) is 8.71. The number of nitrogens with one attached hydrogen (secondary N) is 1. The van der Waals surface area contributed by atoms with E-state index in [9.17, 15) is 18.0 Å². The summed E-state index contributed by atoms with van der Waals surface area (Å²) >= 11 is 3.04. The molecule has 0 fully saturated rings. The van der Waals surface area contributed by atoms with Gasteiger partial charge in [0.25, 0.3) is 0 Å². The van der Waals surface area contributed by atoms with Crippen LogP contribution in [0.15, 0.2) is 22.7 Å². The van der Waals surface area contributed by atoms with E-state index in [0.29, 0.717) is 10.9 Å². The highest BCUT2D eigenvalue weighted by atomic mass is 79.9. The normalized spacial score (nSPS) is 14.6. The van der Waals surface area contributed by atoms with Crippen LogP contribution in [0, 0.1) is 5.92 Å². The number of rotatable bonds is 6. The fraction of sp³-hybridized carbons (Fsp3) is 0.632. The number of amides is 1. The maximum Gasteiger partial charge on any atom is 0.420 e. The summed E-state index contributed by atoms with van der Waals surface area (Å²) in [5.41, 5.74) is -2.45. The van der Waals surface area contributed by atoms with Crippen LogP contribution in [0.1, 0.15) is 53.5 Å². The highest BCUT2D eigenvalue weighted by Crippen LogP contribution is 2.38. The van der Waals surface area contributed by atoms with Gasteiger partial charge in [0, 0.05) is 4.47 Å². The Bertz CT molecular complexity index is 657. The molecule has 0 heterocycles. The van der Waals surface area contributed by atoms with Crippen LogP contribution < -0.4 is 10.1 Å². The summed E-state index contributed by atoms with van der Waals surface area (Å²) in [5, 5.41) is 2.74. The topological polar surface area (TPSA) is 47.6 Å². The van der Waals surface area contributed by atoms with E-state index in [-0.39, 0.29) is 18.3 Å². The van der Waals surface area contributed by atoms with Crippen molar-refractivity contribution < 1.29 is 27.4 Å². The average Bonchev–Trinajstić information content (AvgIpc) is 2.41. The number of alkyl halides is 3. The molecule has 8 heteroatoms. The highest BCUT2D eigenvalue weighted by Gasteiger charge is 2.36. The van der Waals surface area contributed by atoms with Gasteiger partial charge in [0.05, 0.1) is 11.1 Å². The predicted molar refractivity (Wildman–Crippen MR) is 102 cm³/mol. The van der Waals surface area contributed by atoms with Gasteiger partial charge in [-0.05, 0) is 58.2 Å². The second-order valence-corrected chi connectivity index (χ2v) is 9.13. The largest absolute Gasteiger partial charge is 0.491 e. The van der Waals surface area contributed by atoms with Gasteiger partial charge in [-0.15, -0.1) is 0 Å². The van der Waals surface area contributed by atoms with E-state index < -0.39 is 29.0 Å². The van der Waals surface area contributed by atoms with E-state index in [1.165, 1.54) is 12.1 Å². The number of benzene rings is 1. The first-order chi connectivity index (χ1) is 12.1. The van der Waals surface area contributed by atoms with E-state index in [4.69, 9.17) is 9.47 Å². The molecule has 0 unspecified atom stereocenters. The van der Waals surface area contributed by atoms with Crippen LogP contribution in [0.2, 0.25) is 0 Å². The Labute approximate surface area is 166 Å². The summed E-state index contributed by atoms with van der Waals surface area (Å²) in [5.74, 6) is -0.104. The number of halogens is 4. The van der Waals surface area contributed by atoms with Gasteiger partial charge in [-0.2, -0.15) is 13.2 Å². The monoisotopic (exact) mass is 453 g/mol. The van der Waals surface area contributed by atoms with Crippen LogP contribution in [-0.2, 0) is 10.9 Å². The second-order valence-electron chi connectivity index (χ2n) is 8.21. The summed E-state index contributed by atoms with van der Waals surface area (Å²) in [6.07, 6.45) is -4.68. The van der Waals surface area contributed by atoms with Crippen LogP contribution >= 0.6 is 15.9 Å². The Morgan fingerprint density at radius 3 is 2.26 bits per heavy atom. The van der Waals surface area contributed by atoms with E-state index in [1.807, 2.05) is 13.8 Å². The van der Waals surface area contributed by atoms with Crippen LogP contribution in [0.4, 0.5) is 18.0 Å². The molecule has 0 aliphatic carbocycles. The molecule has 0 aliphatic rings. The summed E-state index contributed by atoms with van der Waals surface area (Å²) in [4.78, 5) is 12.2. The number of alkyl carbamates (subject to hydrolysis) is 1. The van der Waals surface area contributed by atoms with Gasteiger partial charge in [0.2, 0.25) is 0 Å². The van der Waals surface area contributed by atoms with Gasteiger partial charge in [-0.3, -0.25) is 0 Å². The number of ether oxygens (including phenoxy) is 2. The fourth-order valence-corrected chi connectivity index (χ4v) is 3.04. The van der Waals surface area contributed by atoms with Crippen molar-refractivity contribution in [2.24, 2.45) is 5.92 Å². The van der Waals surface area contributed by atoms with Gasteiger partial charge >= 0.3 is 12.3 Å². The van der Waals surface area contributed by atoms with Gasteiger partial charge in [-0.1, -0.05) is 29.8 Å². The Hall–Kier alpha value is -1.44. The minimum atomic E-state index is -4.55. The molecule has 1 amide bonds. The van der Waals surface area contributed by atoms with E-state index in [2.05, 4.69) is 21.2 Å². The van der Waals surface area contributed by atoms with Crippen LogP contribution in [0.3, 0.4) is 0 Å². The first-order valence-corrected chi connectivity index (χ1v) is 9.41. The van der Waals surface area contributed by atoms with Crippen molar-refractivity contribution in [3.8, 4) is 5.75 Å². The minimum absolute atomic E-state index is 0.130. The zero-order valence-corrected chi connectivity index (χ0v) is 18.0. The Morgan fingerprint density at radius 2 is 1.78 bits per heavy atom. The number of carbonyl (C=O) groups is 1. The summed E-state index contributed by atoms with van der Waals surface area (Å²) in [7, 11) is 0. The lowest BCUT2D eigenvalue weighted by atomic mass is 9.91. The lowest BCUT2D eigenvalue weighted by molar-refractivity contribution is -0.139. The number of hydrogen-bond donors (Lipinski definition) is 1. The first kappa shape index (κ1) is 23.6. The molecule has 1 aromatic rings. The summed E-state index contributed by atoms with van der Waals surface area (Å²) < 4.78 is 50.9. The fourth-order valence-electron chi connectivity index (χ4n) is 2.68. The third-order valence-corrected chi connectivity index (χ3v) is 3.95. The average molecular weight is 454 g/mol. The first-order valence-electron chi connectivity index (χ1n) is 8.62. The third-order valence-electron chi connectivity index (χ3n) is 3.45. The van der Waals surface area contributed by atoms with Crippen molar-refractivity contribution in [3.05, 3.63) is 28.2 Å². The summed E-state index contributed by atoms with van der Waals surface area (Å²) in [6, 6.07) is 3.71. The van der Waals surface area contributed by atoms with Gasteiger partial charge in [0.15, 0.2) is 0 Å².